The lowest BCUT2D eigenvalue weighted by Gasteiger charge is -2.34. The lowest BCUT2D eigenvalue weighted by molar-refractivity contribution is 0.0496. The standard InChI is InChI=1S/C22H37N3O3/c1-3-5-16-26-18-19-27-17-13-24-22(23-4-2)25-14-11-21(12-15-25)28-20-9-7-6-8-10-20/h6-10,21H,3-5,11-19H2,1-2H3,(H,23,24). The first kappa shape index (κ1) is 22.5. The number of guanidine groups is 1. The van der Waals surface area contributed by atoms with Gasteiger partial charge in [0.25, 0.3) is 0 Å². The number of piperidine rings is 1. The molecule has 0 amide bonds. The number of para-hydroxylation sites is 1. The van der Waals surface area contributed by atoms with Crippen molar-refractivity contribution in [2.75, 3.05) is 52.6 Å². The summed E-state index contributed by atoms with van der Waals surface area (Å²) in [6.07, 6.45) is 4.56. The van der Waals surface area contributed by atoms with Gasteiger partial charge in [-0.1, -0.05) is 31.5 Å². The van der Waals surface area contributed by atoms with Gasteiger partial charge in [-0.3, -0.25) is 4.99 Å². The third-order valence-corrected chi connectivity index (χ3v) is 4.63. The highest BCUT2D eigenvalue weighted by atomic mass is 16.5. The molecule has 0 radical (unpaired) electrons. The van der Waals surface area contributed by atoms with E-state index in [0.717, 1.165) is 57.2 Å². The highest BCUT2D eigenvalue weighted by molar-refractivity contribution is 5.80. The molecule has 1 aromatic carbocycles. The average molecular weight is 392 g/mol. The topological polar surface area (TPSA) is 55.3 Å². The van der Waals surface area contributed by atoms with Crippen LogP contribution in [-0.4, -0.2) is 69.6 Å². The second-order valence-electron chi connectivity index (χ2n) is 6.93. The van der Waals surface area contributed by atoms with Crippen molar-refractivity contribution in [2.24, 2.45) is 4.99 Å². The minimum absolute atomic E-state index is 0.276. The van der Waals surface area contributed by atoms with Crippen molar-refractivity contribution in [3.63, 3.8) is 0 Å². The van der Waals surface area contributed by atoms with E-state index in [9.17, 15) is 0 Å². The lowest BCUT2D eigenvalue weighted by Crippen LogP contribution is -2.47. The number of aliphatic imine (C=N–C) groups is 1. The lowest BCUT2D eigenvalue weighted by atomic mass is 10.1. The van der Waals surface area contributed by atoms with Gasteiger partial charge < -0.3 is 24.4 Å². The van der Waals surface area contributed by atoms with Gasteiger partial charge in [0.2, 0.25) is 0 Å². The van der Waals surface area contributed by atoms with Crippen LogP contribution in [0.4, 0.5) is 0 Å². The van der Waals surface area contributed by atoms with E-state index in [0.29, 0.717) is 26.4 Å². The summed E-state index contributed by atoms with van der Waals surface area (Å²) in [5.74, 6) is 1.93. The monoisotopic (exact) mass is 391 g/mol. The van der Waals surface area contributed by atoms with E-state index in [1.807, 2.05) is 30.3 Å². The molecule has 6 heteroatoms. The summed E-state index contributed by atoms with van der Waals surface area (Å²) in [4.78, 5) is 7.04. The maximum Gasteiger partial charge on any atom is 0.193 e. The molecule has 0 unspecified atom stereocenters. The van der Waals surface area contributed by atoms with Gasteiger partial charge in [0.15, 0.2) is 5.96 Å². The van der Waals surface area contributed by atoms with Crippen molar-refractivity contribution >= 4 is 5.96 Å². The van der Waals surface area contributed by atoms with Crippen LogP contribution < -0.4 is 10.1 Å². The molecule has 0 spiro atoms. The fraction of sp³-hybridized carbons (Fsp3) is 0.682. The Morgan fingerprint density at radius 2 is 1.75 bits per heavy atom. The zero-order valence-corrected chi connectivity index (χ0v) is 17.6. The van der Waals surface area contributed by atoms with Crippen LogP contribution in [0.1, 0.15) is 39.5 Å². The first-order valence-corrected chi connectivity index (χ1v) is 10.7. The van der Waals surface area contributed by atoms with Gasteiger partial charge in [0.05, 0.1) is 26.4 Å². The van der Waals surface area contributed by atoms with Gasteiger partial charge in [-0.2, -0.15) is 0 Å². The fourth-order valence-corrected chi connectivity index (χ4v) is 3.09. The summed E-state index contributed by atoms with van der Waals surface area (Å²) in [5, 5.41) is 3.40. The number of nitrogens with one attached hydrogen (secondary N) is 1. The SMILES string of the molecule is CCCCOCCOCCN=C(NCC)N1CCC(Oc2ccccc2)CC1. The molecule has 1 N–H and O–H groups in total. The minimum atomic E-state index is 0.276. The number of likely N-dealkylation sites (tertiary alicyclic amines) is 1. The normalized spacial score (nSPS) is 15.6. The van der Waals surface area contributed by atoms with Crippen molar-refractivity contribution in [1.29, 1.82) is 0 Å². The predicted molar refractivity (Wildman–Crippen MR) is 114 cm³/mol. The van der Waals surface area contributed by atoms with Crippen LogP contribution in [0.5, 0.6) is 5.75 Å². The van der Waals surface area contributed by atoms with E-state index in [2.05, 4.69) is 24.1 Å². The Hall–Kier alpha value is -1.79. The number of benzene rings is 1. The molecule has 0 aliphatic carbocycles. The zero-order chi connectivity index (χ0) is 19.9. The minimum Gasteiger partial charge on any atom is -0.490 e. The second kappa shape index (κ2) is 14.2. The molecule has 1 saturated heterocycles. The van der Waals surface area contributed by atoms with Crippen LogP contribution in [-0.2, 0) is 9.47 Å². The third kappa shape index (κ3) is 8.93. The van der Waals surface area contributed by atoms with Gasteiger partial charge in [-0.25, -0.2) is 0 Å². The van der Waals surface area contributed by atoms with E-state index < -0.39 is 0 Å². The molecule has 0 atom stereocenters. The maximum atomic E-state index is 6.09. The number of hydrogen-bond acceptors (Lipinski definition) is 4. The molecule has 1 aliphatic rings. The Morgan fingerprint density at radius 3 is 2.43 bits per heavy atom. The van der Waals surface area contributed by atoms with E-state index in [4.69, 9.17) is 19.2 Å². The first-order valence-electron chi connectivity index (χ1n) is 10.7. The molecule has 158 valence electrons. The fourth-order valence-electron chi connectivity index (χ4n) is 3.09. The largest absolute Gasteiger partial charge is 0.490 e. The molecule has 0 bridgehead atoms. The molecule has 0 saturated carbocycles. The van der Waals surface area contributed by atoms with Gasteiger partial charge in [-0.15, -0.1) is 0 Å². The van der Waals surface area contributed by atoms with Crippen LogP contribution >= 0.6 is 0 Å². The summed E-state index contributed by atoms with van der Waals surface area (Å²) in [7, 11) is 0. The Balaban J connectivity index is 1.65. The summed E-state index contributed by atoms with van der Waals surface area (Å²) in [5.41, 5.74) is 0. The Bertz CT molecular complexity index is 531. The average Bonchev–Trinajstić information content (AvgIpc) is 2.73. The smallest absolute Gasteiger partial charge is 0.193 e. The molecule has 28 heavy (non-hydrogen) atoms. The van der Waals surface area contributed by atoms with E-state index in [1.165, 1.54) is 6.42 Å². The van der Waals surface area contributed by atoms with Crippen LogP contribution in [0.15, 0.2) is 35.3 Å². The molecule has 1 aromatic rings. The van der Waals surface area contributed by atoms with E-state index in [-0.39, 0.29) is 6.10 Å². The number of hydrogen-bond donors (Lipinski definition) is 1. The van der Waals surface area contributed by atoms with Crippen molar-refractivity contribution in [1.82, 2.24) is 10.2 Å². The Morgan fingerprint density at radius 1 is 1.04 bits per heavy atom. The highest BCUT2D eigenvalue weighted by Gasteiger charge is 2.22. The van der Waals surface area contributed by atoms with Crippen LogP contribution in [0.2, 0.25) is 0 Å². The second-order valence-corrected chi connectivity index (χ2v) is 6.93. The van der Waals surface area contributed by atoms with Gasteiger partial charge >= 0.3 is 0 Å². The highest BCUT2D eigenvalue weighted by Crippen LogP contribution is 2.18. The number of unbranched alkanes of at least 4 members (excludes halogenated alkanes) is 1. The molecule has 0 aromatic heterocycles. The predicted octanol–water partition coefficient (Wildman–Crippen LogP) is 3.33. The summed E-state index contributed by atoms with van der Waals surface area (Å²) < 4.78 is 17.2. The summed E-state index contributed by atoms with van der Waals surface area (Å²) >= 11 is 0. The van der Waals surface area contributed by atoms with Crippen molar-refractivity contribution in [3.05, 3.63) is 30.3 Å². The van der Waals surface area contributed by atoms with Crippen molar-refractivity contribution in [3.8, 4) is 5.75 Å². The van der Waals surface area contributed by atoms with Crippen molar-refractivity contribution in [2.45, 2.75) is 45.6 Å². The number of nitrogens with zero attached hydrogens (tertiary/aromatic N) is 2. The first-order chi connectivity index (χ1) is 13.8. The van der Waals surface area contributed by atoms with Crippen molar-refractivity contribution < 1.29 is 14.2 Å². The maximum absolute atomic E-state index is 6.09. The van der Waals surface area contributed by atoms with Crippen LogP contribution in [0, 0.1) is 0 Å². The van der Waals surface area contributed by atoms with Crippen LogP contribution in [0.25, 0.3) is 0 Å². The molecule has 1 heterocycles. The molecule has 6 nitrogen and oxygen atoms in total. The molecule has 1 fully saturated rings. The molecular formula is C22H37N3O3. The van der Waals surface area contributed by atoms with Crippen LogP contribution in [0.3, 0.4) is 0 Å². The molecular weight excluding hydrogens is 354 g/mol. The zero-order valence-electron chi connectivity index (χ0n) is 17.6. The Kier molecular flexibility index (Phi) is 11.4. The van der Waals surface area contributed by atoms with Gasteiger partial charge in [-0.05, 0) is 25.5 Å². The molecule has 1 aliphatic heterocycles. The van der Waals surface area contributed by atoms with Gasteiger partial charge in [0, 0.05) is 39.1 Å². The van der Waals surface area contributed by atoms with Gasteiger partial charge in [0.1, 0.15) is 11.9 Å². The van der Waals surface area contributed by atoms with E-state index >= 15 is 0 Å². The quantitative estimate of drug-likeness (QED) is 0.336. The summed E-state index contributed by atoms with van der Waals surface area (Å²) in [6.45, 7) is 10.5. The number of ether oxygens (including phenoxy) is 3. The Labute approximate surface area is 170 Å². The molecule has 2 rings (SSSR count). The number of rotatable bonds is 12. The van der Waals surface area contributed by atoms with E-state index in [1.54, 1.807) is 0 Å². The summed E-state index contributed by atoms with van der Waals surface area (Å²) in [6, 6.07) is 10.1. The third-order valence-electron chi connectivity index (χ3n) is 4.63.